The third-order valence-electron chi connectivity index (χ3n) is 4.79. The van der Waals surface area contributed by atoms with Crippen LogP contribution in [0.15, 0.2) is 54.9 Å². The van der Waals surface area contributed by atoms with Crippen molar-refractivity contribution in [3.8, 4) is 16.9 Å². The van der Waals surface area contributed by atoms with Gasteiger partial charge in [-0.25, -0.2) is 10.9 Å². The number of hydrazine groups is 1. The Morgan fingerprint density at radius 2 is 1.92 bits per heavy atom. The van der Waals surface area contributed by atoms with Crippen LogP contribution in [0, 0.1) is 6.92 Å². The largest absolute Gasteiger partial charge is 0.508 e. The van der Waals surface area contributed by atoms with Gasteiger partial charge in [-0.3, -0.25) is 4.68 Å². The van der Waals surface area contributed by atoms with E-state index in [9.17, 15) is 5.11 Å². The Balaban J connectivity index is 1.42. The van der Waals surface area contributed by atoms with Crippen LogP contribution in [-0.2, 0) is 7.05 Å². The molecule has 26 heavy (non-hydrogen) atoms. The minimum Gasteiger partial charge on any atom is -0.508 e. The zero-order chi connectivity index (χ0) is 18.1. The van der Waals surface area contributed by atoms with Crippen LogP contribution in [-0.4, -0.2) is 21.1 Å². The zero-order valence-corrected chi connectivity index (χ0v) is 14.9. The maximum absolute atomic E-state index is 9.53. The maximum atomic E-state index is 9.53. The third-order valence-corrected chi connectivity index (χ3v) is 4.79. The highest BCUT2D eigenvalue weighted by Gasteiger charge is 2.25. The first kappa shape index (κ1) is 16.6. The normalized spacial score (nSPS) is 19.6. The first-order valence-electron chi connectivity index (χ1n) is 8.75. The molecule has 3 aromatic rings. The Morgan fingerprint density at radius 1 is 1.12 bits per heavy atom. The summed E-state index contributed by atoms with van der Waals surface area (Å²) in [5, 5.41) is 17.2. The lowest BCUT2D eigenvalue weighted by molar-refractivity contribution is 0.475. The molecule has 4 rings (SSSR count). The number of aryl methyl sites for hydroxylation is 2. The van der Waals surface area contributed by atoms with Crippen LogP contribution in [0.4, 0.5) is 5.69 Å². The lowest BCUT2D eigenvalue weighted by Crippen LogP contribution is -2.36. The molecule has 2 atom stereocenters. The van der Waals surface area contributed by atoms with E-state index in [-0.39, 0.29) is 18.0 Å². The van der Waals surface area contributed by atoms with E-state index in [2.05, 4.69) is 45.5 Å². The average Bonchev–Trinajstić information content (AvgIpc) is 3.27. The third kappa shape index (κ3) is 3.42. The number of benzene rings is 2. The fourth-order valence-electron chi connectivity index (χ4n) is 3.34. The van der Waals surface area contributed by atoms with Crippen molar-refractivity contribution in [2.24, 2.45) is 7.05 Å². The second-order valence-electron chi connectivity index (χ2n) is 6.80. The highest BCUT2D eigenvalue weighted by molar-refractivity contribution is 5.62. The molecule has 6 nitrogen and oxygen atoms in total. The summed E-state index contributed by atoms with van der Waals surface area (Å²) in [5.74, 6) is 0.289. The van der Waals surface area contributed by atoms with Gasteiger partial charge in [-0.1, -0.05) is 24.3 Å². The quantitative estimate of drug-likeness (QED) is 0.545. The molecule has 2 unspecified atom stereocenters. The number of hydrogen-bond acceptors (Lipinski definition) is 5. The summed E-state index contributed by atoms with van der Waals surface area (Å²) in [6, 6.07) is 14.2. The molecule has 4 N–H and O–H groups in total. The monoisotopic (exact) mass is 349 g/mol. The van der Waals surface area contributed by atoms with Crippen molar-refractivity contribution in [3.05, 3.63) is 66.0 Å². The van der Waals surface area contributed by atoms with E-state index in [1.165, 1.54) is 11.1 Å². The Bertz CT molecular complexity index is 903. The number of phenols is 1. The van der Waals surface area contributed by atoms with E-state index in [0.717, 1.165) is 23.2 Å². The van der Waals surface area contributed by atoms with E-state index in [1.54, 1.807) is 12.1 Å². The molecular formula is C20H23N5O. The number of phenolic OH excluding ortho intramolecular Hbond substituents is 1. The molecule has 0 saturated carbocycles. The van der Waals surface area contributed by atoms with Crippen LogP contribution < -0.4 is 16.2 Å². The predicted molar refractivity (Wildman–Crippen MR) is 103 cm³/mol. The van der Waals surface area contributed by atoms with Gasteiger partial charge in [0, 0.05) is 37.0 Å². The molecule has 0 amide bonds. The van der Waals surface area contributed by atoms with E-state index >= 15 is 0 Å². The van der Waals surface area contributed by atoms with Crippen LogP contribution >= 0.6 is 0 Å². The van der Waals surface area contributed by atoms with Crippen LogP contribution in [0.3, 0.4) is 0 Å². The number of anilines is 1. The van der Waals surface area contributed by atoms with Crippen LogP contribution in [0.2, 0.25) is 0 Å². The number of rotatable bonds is 4. The minimum atomic E-state index is 0.126. The summed E-state index contributed by atoms with van der Waals surface area (Å²) < 4.78 is 1.81. The Hall–Kier alpha value is -2.83. The number of hydrogen-bond donors (Lipinski definition) is 4. The first-order chi connectivity index (χ1) is 12.6. The Labute approximate surface area is 152 Å². The van der Waals surface area contributed by atoms with Gasteiger partial charge in [-0.15, -0.1) is 0 Å². The van der Waals surface area contributed by atoms with Crippen molar-refractivity contribution in [3.63, 3.8) is 0 Å². The molecule has 1 saturated heterocycles. The lowest BCUT2D eigenvalue weighted by atomic mass is 10.0. The second-order valence-corrected chi connectivity index (χ2v) is 6.80. The molecule has 2 aromatic carbocycles. The fraction of sp³-hybridized carbons (Fsp3) is 0.250. The number of nitrogens with one attached hydrogen (secondary N) is 3. The summed E-state index contributed by atoms with van der Waals surface area (Å²) in [7, 11) is 1.93. The molecule has 1 aromatic heterocycles. The van der Waals surface area contributed by atoms with Gasteiger partial charge in [-0.05, 0) is 41.8 Å². The highest BCUT2D eigenvalue weighted by Crippen LogP contribution is 2.27. The molecule has 0 aliphatic carbocycles. The van der Waals surface area contributed by atoms with Gasteiger partial charge in [0.05, 0.1) is 12.4 Å². The summed E-state index contributed by atoms with van der Waals surface area (Å²) in [5.41, 5.74) is 12.3. The molecule has 2 heterocycles. The van der Waals surface area contributed by atoms with Gasteiger partial charge in [0.1, 0.15) is 5.75 Å². The molecule has 1 aliphatic rings. The van der Waals surface area contributed by atoms with Crippen molar-refractivity contribution in [2.75, 3.05) is 5.32 Å². The average molecular weight is 349 g/mol. The van der Waals surface area contributed by atoms with Crippen molar-refractivity contribution < 1.29 is 5.11 Å². The van der Waals surface area contributed by atoms with Gasteiger partial charge >= 0.3 is 0 Å². The maximum Gasteiger partial charge on any atom is 0.115 e. The number of aromatic nitrogens is 2. The SMILES string of the molecule is Cc1cc(O)ccc1NC1CC(c2ccc(-c3cnn(C)c3)cc2)NN1. The van der Waals surface area contributed by atoms with Gasteiger partial charge in [-0.2, -0.15) is 5.10 Å². The van der Waals surface area contributed by atoms with Gasteiger partial charge in [0.15, 0.2) is 0 Å². The fourth-order valence-corrected chi connectivity index (χ4v) is 3.34. The van der Waals surface area contributed by atoms with E-state index in [4.69, 9.17) is 0 Å². The number of nitrogens with zero attached hydrogens (tertiary/aromatic N) is 2. The molecule has 134 valence electrons. The predicted octanol–water partition coefficient (Wildman–Crippen LogP) is 3.08. The summed E-state index contributed by atoms with van der Waals surface area (Å²) in [6.45, 7) is 1.99. The highest BCUT2D eigenvalue weighted by atomic mass is 16.3. The summed E-state index contributed by atoms with van der Waals surface area (Å²) in [4.78, 5) is 0. The van der Waals surface area contributed by atoms with Crippen molar-refractivity contribution in [2.45, 2.75) is 25.6 Å². The van der Waals surface area contributed by atoms with E-state index in [1.807, 2.05) is 37.1 Å². The van der Waals surface area contributed by atoms with Gasteiger partial charge in [0.2, 0.25) is 0 Å². The topological polar surface area (TPSA) is 74.1 Å². The zero-order valence-electron chi connectivity index (χ0n) is 14.9. The van der Waals surface area contributed by atoms with E-state index in [0.29, 0.717) is 0 Å². The molecule has 0 bridgehead atoms. The summed E-state index contributed by atoms with van der Waals surface area (Å²) in [6.07, 6.45) is 4.95. The van der Waals surface area contributed by atoms with Gasteiger partial charge in [0.25, 0.3) is 0 Å². The van der Waals surface area contributed by atoms with E-state index < -0.39 is 0 Å². The molecule has 0 spiro atoms. The Kier molecular flexibility index (Phi) is 4.36. The molecule has 1 aliphatic heterocycles. The molecular weight excluding hydrogens is 326 g/mol. The van der Waals surface area contributed by atoms with Crippen LogP contribution in [0.5, 0.6) is 5.75 Å². The van der Waals surface area contributed by atoms with Crippen LogP contribution in [0.1, 0.15) is 23.6 Å². The van der Waals surface area contributed by atoms with Crippen molar-refractivity contribution in [1.29, 1.82) is 0 Å². The minimum absolute atomic E-state index is 0.126. The summed E-state index contributed by atoms with van der Waals surface area (Å²) >= 11 is 0. The Morgan fingerprint density at radius 3 is 2.62 bits per heavy atom. The molecule has 1 fully saturated rings. The number of aromatic hydroxyl groups is 1. The lowest BCUT2D eigenvalue weighted by Gasteiger charge is -2.16. The van der Waals surface area contributed by atoms with Crippen molar-refractivity contribution in [1.82, 2.24) is 20.6 Å². The molecule has 0 radical (unpaired) electrons. The van der Waals surface area contributed by atoms with Gasteiger partial charge < -0.3 is 10.4 Å². The smallest absolute Gasteiger partial charge is 0.115 e. The van der Waals surface area contributed by atoms with Crippen LogP contribution in [0.25, 0.3) is 11.1 Å². The standard InChI is InChI=1S/C20H23N5O/c1-13-9-17(26)7-8-18(13)22-20-10-19(23-24-20)15-5-3-14(4-6-15)16-11-21-25(2)12-16/h3-9,11-12,19-20,22-24,26H,10H2,1-2H3. The molecule has 6 heteroatoms. The first-order valence-corrected chi connectivity index (χ1v) is 8.75. The second kappa shape index (κ2) is 6.82. The van der Waals surface area contributed by atoms with Crippen molar-refractivity contribution >= 4 is 5.69 Å².